The number of benzene rings is 1. The van der Waals surface area contributed by atoms with Gasteiger partial charge in [-0.1, -0.05) is 6.07 Å². The first-order valence-corrected chi connectivity index (χ1v) is 5.76. The van der Waals surface area contributed by atoms with Crippen LogP contribution in [0.25, 0.3) is 0 Å². The van der Waals surface area contributed by atoms with E-state index in [1.807, 2.05) is 0 Å². The number of esters is 1. The van der Waals surface area contributed by atoms with E-state index in [-0.39, 0.29) is 5.78 Å². The molecule has 1 unspecified atom stereocenters. The van der Waals surface area contributed by atoms with Gasteiger partial charge in [0.25, 0.3) is 0 Å². The zero-order chi connectivity index (χ0) is 12.3. The normalized spacial score (nSPS) is 12.0. The smallest absolute Gasteiger partial charge is 0.339 e. The highest BCUT2D eigenvalue weighted by Gasteiger charge is 2.17. The van der Waals surface area contributed by atoms with E-state index in [2.05, 4.69) is 20.7 Å². The van der Waals surface area contributed by atoms with Crippen LogP contribution in [-0.4, -0.2) is 24.2 Å². The summed E-state index contributed by atoms with van der Waals surface area (Å²) in [5.74, 6) is -0.719. The molecule has 3 nitrogen and oxygen atoms in total. The summed E-state index contributed by atoms with van der Waals surface area (Å²) >= 11 is 8.90. The second kappa shape index (κ2) is 5.46. The molecule has 0 bridgehead atoms. The van der Waals surface area contributed by atoms with Crippen LogP contribution in [0.5, 0.6) is 0 Å². The first-order chi connectivity index (χ1) is 7.47. The quantitative estimate of drug-likeness (QED) is 0.490. The van der Waals surface area contributed by atoms with E-state index in [4.69, 9.17) is 11.6 Å². The van der Waals surface area contributed by atoms with Crippen LogP contribution in [-0.2, 0) is 4.74 Å². The number of carbonyl (C=O) groups is 2. The second-order valence-corrected chi connectivity index (χ2v) is 4.68. The Labute approximate surface area is 107 Å². The Morgan fingerprint density at radius 2 is 2.06 bits per heavy atom. The average molecular weight is 306 g/mol. The molecule has 0 saturated carbocycles. The monoisotopic (exact) mass is 304 g/mol. The maximum atomic E-state index is 11.6. The molecule has 0 aromatic heterocycles. The summed E-state index contributed by atoms with van der Waals surface area (Å²) < 4.78 is 5.18. The molecule has 1 aromatic rings. The number of ether oxygens (including phenoxy) is 1. The summed E-state index contributed by atoms with van der Waals surface area (Å²) in [6.07, 6.45) is 0. The SMILES string of the molecule is COC(=O)c1cc(C(=O)C(C)Cl)ccc1Br. The lowest BCUT2D eigenvalue weighted by Gasteiger charge is -2.06. The highest BCUT2D eigenvalue weighted by molar-refractivity contribution is 9.10. The summed E-state index contributed by atoms with van der Waals surface area (Å²) in [6, 6.07) is 4.70. The van der Waals surface area contributed by atoms with Crippen LogP contribution in [0.2, 0.25) is 0 Å². The molecule has 0 heterocycles. The van der Waals surface area contributed by atoms with E-state index < -0.39 is 11.3 Å². The van der Waals surface area contributed by atoms with Crippen molar-refractivity contribution in [1.82, 2.24) is 0 Å². The fourth-order valence-electron chi connectivity index (χ4n) is 1.17. The van der Waals surface area contributed by atoms with Gasteiger partial charge in [0, 0.05) is 10.0 Å². The van der Waals surface area contributed by atoms with Gasteiger partial charge in [-0.25, -0.2) is 4.79 Å². The highest BCUT2D eigenvalue weighted by atomic mass is 79.9. The minimum Gasteiger partial charge on any atom is -0.465 e. The maximum absolute atomic E-state index is 11.6. The lowest BCUT2D eigenvalue weighted by atomic mass is 10.1. The van der Waals surface area contributed by atoms with E-state index >= 15 is 0 Å². The Balaban J connectivity index is 3.17. The fourth-order valence-corrected chi connectivity index (χ4v) is 1.71. The molecule has 1 rings (SSSR count). The summed E-state index contributed by atoms with van der Waals surface area (Å²) in [7, 11) is 1.29. The molecule has 5 heteroatoms. The van der Waals surface area contributed by atoms with Gasteiger partial charge in [-0.2, -0.15) is 0 Å². The van der Waals surface area contributed by atoms with Crippen LogP contribution in [0.3, 0.4) is 0 Å². The molecular formula is C11H10BrClO3. The number of methoxy groups -OCH3 is 1. The lowest BCUT2D eigenvalue weighted by Crippen LogP contribution is -2.12. The van der Waals surface area contributed by atoms with Crippen LogP contribution in [0.1, 0.15) is 27.6 Å². The number of ketones is 1. The molecule has 0 amide bonds. The number of carbonyl (C=O) groups excluding carboxylic acids is 2. The first-order valence-electron chi connectivity index (χ1n) is 4.53. The van der Waals surface area contributed by atoms with E-state index in [1.165, 1.54) is 13.2 Å². The van der Waals surface area contributed by atoms with Crippen molar-refractivity contribution in [3.63, 3.8) is 0 Å². The molecule has 0 N–H and O–H groups in total. The molecule has 0 saturated heterocycles. The Hall–Kier alpha value is -0.870. The minimum absolute atomic E-state index is 0.223. The van der Waals surface area contributed by atoms with E-state index in [0.29, 0.717) is 15.6 Å². The molecule has 0 aliphatic carbocycles. The van der Waals surface area contributed by atoms with Crippen LogP contribution >= 0.6 is 27.5 Å². The Kier molecular flexibility index (Phi) is 4.50. The number of Topliss-reactive ketones (excluding diaryl/α,β-unsaturated/α-hetero) is 1. The number of rotatable bonds is 3. The summed E-state index contributed by atoms with van der Waals surface area (Å²) in [5.41, 5.74) is 0.705. The van der Waals surface area contributed by atoms with Gasteiger partial charge in [0.1, 0.15) is 0 Å². The lowest BCUT2D eigenvalue weighted by molar-refractivity contribution is 0.0599. The fraction of sp³-hybridized carbons (Fsp3) is 0.273. The molecular weight excluding hydrogens is 295 g/mol. The van der Waals surface area contributed by atoms with Gasteiger partial charge >= 0.3 is 5.97 Å². The van der Waals surface area contributed by atoms with Crippen LogP contribution in [0.15, 0.2) is 22.7 Å². The molecule has 86 valence electrons. The van der Waals surface area contributed by atoms with Gasteiger partial charge in [0.05, 0.1) is 18.1 Å². The standard InChI is InChI=1S/C11H10BrClO3/c1-6(13)10(14)7-3-4-9(12)8(5-7)11(15)16-2/h3-6H,1-2H3. The molecule has 0 fully saturated rings. The summed E-state index contributed by atoms with van der Waals surface area (Å²) in [4.78, 5) is 23.0. The van der Waals surface area contributed by atoms with E-state index in [1.54, 1.807) is 19.1 Å². The van der Waals surface area contributed by atoms with Gasteiger partial charge < -0.3 is 4.74 Å². The number of alkyl halides is 1. The van der Waals surface area contributed by atoms with Gasteiger partial charge in [0.2, 0.25) is 0 Å². The van der Waals surface area contributed by atoms with Crippen molar-refractivity contribution < 1.29 is 14.3 Å². The minimum atomic E-state index is -0.619. The van der Waals surface area contributed by atoms with Crippen molar-refractivity contribution in [1.29, 1.82) is 0 Å². The third-order valence-corrected chi connectivity index (χ3v) is 2.91. The Bertz CT molecular complexity index is 429. The zero-order valence-corrected chi connectivity index (χ0v) is 11.1. The molecule has 0 aliphatic rings. The zero-order valence-electron chi connectivity index (χ0n) is 8.79. The largest absolute Gasteiger partial charge is 0.465 e. The molecule has 0 spiro atoms. The second-order valence-electron chi connectivity index (χ2n) is 3.17. The van der Waals surface area contributed by atoms with Crippen molar-refractivity contribution in [3.8, 4) is 0 Å². The Morgan fingerprint density at radius 3 is 2.56 bits per heavy atom. The predicted molar refractivity (Wildman–Crippen MR) is 65.1 cm³/mol. The maximum Gasteiger partial charge on any atom is 0.339 e. The number of halogens is 2. The molecule has 0 aliphatic heterocycles. The van der Waals surface area contributed by atoms with Crippen molar-refractivity contribution in [3.05, 3.63) is 33.8 Å². The third kappa shape index (κ3) is 2.83. The molecule has 1 aromatic carbocycles. The summed E-state index contributed by atoms with van der Waals surface area (Å²) in [5, 5.41) is -0.619. The number of hydrogen-bond acceptors (Lipinski definition) is 3. The van der Waals surface area contributed by atoms with Crippen molar-refractivity contribution >= 4 is 39.3 Å². The predicted octanol–water partition coefficient (Wildman–Crippen LogP) is 3.05. The topological polar surface area (TPSA) is 43.4 Å². The molecule has 16 heavy (non-hydrogen) atoms. The first kappa shape index (κ1) is 13.2. The van der Waals surface area contributed by atoms with Gasteiger partial charge in [-0.05, 0) is 35.0 Å². The van der Waals surface area contributed by atoms with Crippen LogP contribution < -0.4 is 0 Å². The van der Waals surface area contributed by atoms with Crippen molar-refractivity contribution in [2.45, 2.75) is 12.3 Å². The highest BCUT2D eigenvalue weighted by Crippen LogP contribution is 2.20. The van der Waals surface area contributed by atoms with Crippen molar-refractivity contribution in [2.24, 2.45) is 0 Å². The average Bonchev–Trinajstić information content (AvgIpc) is 2.27. The summed E-state index contributed by atoms with van der Waals surface area (Å²) in [6.45, 7) is 1.59. The van der Waals surface area contributed by atoms with Crippen LogP contribution in [0.4, 0.5) is 0 Å². The van der Waals surface area contributed by atoms with E-state index in [0.717, 1.165) is 0 Å². The third-order valence-electron chi connectivity index (χ3n) is 2.02. The van der Waals surface area contributed by atoms with Crippen molar-refractivity contribution in [2.75, 3.05) is 7.11 Å². The van der Waals surface area contributed by atoms with Gasteiger partial charge in [-0.15, -0.1) is 11.6 Å². The van der Waals surface area contributed by atoms with Crippen LogP contribution in [0, 0.1) is 0 Å². The molecule has 0 radical (unpaired) electrons. The van der Waals surface area contributed by atoms with E-state index in [9.17, 15) is 9.59 Å². The number of hydrogen-bond donors (Lipinski definition) is 0. The molecule has 1 atom stereocenters. The van der Waals surface area contributed by atoms with Gasteiger partial charge in [0.15, 0.2) is 5.78 Å². The van der Waals surface area contributed by atoms with Gasteiger partial charge in [-0.3, -0.25) is 4.79 Å². The Morgan fingerprint density at radius 1 is 1.44 bits per heavy atom.